The summed E-state index contributed by atoms with van der Waals surface area (Å²) in [6.45, 7) is 1.28. The zero-order valence-electron chi connectivity index (χ0n) is 19.6. The van der Waals surface area contributed by atoms with Crippen LogP contribution in [0.5, 0.6) is 0 Å². The lowest BCUT2D eigenvalue weighted by molar-refractivity contribution is -0.137. The van der Waals surface area contributed by atoms with E-state index in [0.29, 0.717) is 26.9 Å². The monoisotopic (exact) mass is 590 g/mol. The summed E-state index contributed by atoms with van der Waals surface area (Å²) in [6, 6.07) is 15.9. The van der Waals surface area contributed by atoms with Crippen LogP contribution < -0.4 is 9.62 Å². The number of benzene rings is 3. The third kappa shape index (κ3) is 8.04. The average Bonchev–Trinajstić information content (AvgIpc) is 2.82. The van der Waals surface area contributed by atoms with Gasteiger partial charge in [0.1, 0.15) is 6.54 Å². The fourth-order valence-corrected chi connectivity index (χ4v) is 5.96. The lowest BCUT2D eigenvalue weighted by Gasteiger charge is -2.25. The smallest absolute Gasteiger partial charge is 0.354 e. The first kappa shape index (κ1) is 29.2. The lowest BCUT2D eigenvalue weighted by Crippen LogP contribution is -2.41. The van der Waals surface area contributed by atoms with Gasteiger partial charge in [-0.05, 0) is 55.0 Å². The van der Waals surface area contributed by atoms with Crippen molar-refractivity contribution in [3.8, 4) is 0 Å². The summed E-state index contributed by atoms with van der Waals surface area (Å²) in [7, 11) is -4.37. The van der Waals surface area contributed by atoms with Gasteiger partial charge in [0.15, 0.2) is 0 Å². The van der Waals surface area contributed by atoms with Crippen molar-refractivity contribution in [2.24, 2.45) is 0 Å². The quantitative estimate of drug-likeness (QED) is 0.271. The van der Waals surface area contributed by atoms with E-state index in [9.17, 15) is 26.4 Å². The van der Waals surface area contributed by atoms with Crippen molar-refractivity contribution in [1.82, 2.24) is 5.32 Å². The maximum atomic E-state index is 13.5. The van der Waals surface area contributed by atoms with Gasteiger partial charge < -0.3 is 5.32 Å². The van der Waals surface area contributed by atoms with Crippen molar-refractivity contribution in [1.29, 1.82) is 0 Å². The molecule has 0 aromatic heterocycles. The Morgan fingerprint density at radius 1 is 1.03 bits per heavy atom. The molecule has 0 atom stereocenters. The molecule has 0 aliphatic heterocycles. The number of rotatable bonds is 10. The van der Waals surface area contributed by atoms with Crippen LogP contribution in [0.25, 0.3) is 0 Å². The van der Waals surface area contributed by atoms with E-state index in [-0.39, 0.29) is 17.1 Å². The van der Waals surface area contributed by atoms with Crippen LogP contribution in [0.1, 0.15) is 16.7 Å². The Labute approximate surface area is 228 Å². The number of nitrogens with zero attached hydrogens (tertiary/aromatic N) is 1. The molecule has 0 saturated carbocycles. The summed E-state index contributed by atoms with van der Waals surface area (Å²) in [5, 5.41) is 2.67. The van der Waals surface area contributed by atoms with Crippen LogP contribution in [0.3, 0.4) is 0 Å². The Morgan fingerprint density at radius 3 is 2.38 bits per heavy atom. The average molecular weight is 592 g/mol. The highest BCUT2D eigenvalue weighted by atomic mass is 35.5. The Bertz CT molecular complexity index is 1350. The fraction of sp³-hybridized carbons (Fsp3) is 0.240. The van der Waals surface area contributed by atoms with Crippen LogP contribution in [-0.2, 0) is 26.7 Å². The van der Waals surface area contributed by atoms with Gasteiger partial charge in [-0.25, -0.2) is 8.42 Å². The van der Waals surface area contributed by atoms with Crippen LogP contribution in [0.2, 0.25) is 10.0 Å². The molecule has 0 radical (unpaired) electrons. The normalized spacial score (nSPS) is 11.8. The van der Waals surface area contributed by atoms with Gasteiger partial charge in [0.05, 0.1) is 21.2 Å². The molecule has 1 amide bonds. The number of hydrogen-bond donors (Lipinski definition) is 1. The number of carbonyl (C=O) groups excluding carboxylic acids is 1. The number of amides is 1. The maximum absolute atomic E-state index is 13.5. The highest BCUT2D eigenvalue weighted by Gasteiger charge is 2.35. The van der Waals surface area contributed by atoms with E-state index in [4.69, 9.17) is 23.2 Å². The Hall–Kier alpha value is -2.40. The van der Waals surface area contributed by atoms with E-state index in [1.165, 1.54) is 23.9 Å². The molecule has 0 bridgehead atoms. The van der Waals surface area contributed by atoms with Crippen LogP contribution in [0, 0.1) is 6.92 Å². The predicted molar refractivity (Wildman–Crippen MR) is 143 cm³/mol. The summed E-state index contributed by atoms with van der Waals surface area (Å²) in [4.78, 5) is 12.5. The third-order valence-corrected chi connectivity index (χ3v) is 8.55. The highest BCUT2D eigenvalue weighted by Crippen LogP contribution is 2.38. The van der Waals surface area contributed by atoms with Crippen LogP contribution in [0.4, 0.5) is 18.9 Å². The van der Waals surface area contributed by atoms with Crippen molar-refractivity contribution < 1.29 is 26.4 Å². The zero-order valence-corrected chi connectivity index (χ0v) is 22.7. The Balaban J connectivity index is 1.76. The van der Waals surface area contributed by atoms with Crippen LogP contribution in [-0.4, -0.2) is 33.2 Å². The topological polar surface area (TPSA) is 66.5 Å². The molecule has 3 aromatic carbocycles. The van der Waals surface area contributed by atoms with Gasteiger partial charge in [-0.1, -0.05) is 53.0 Å². The number of carbonyl (C=O) groups is 1. The molecule has 0 unspecified atom stereocenters. The molecule has 198 valence electrons. The summed E-state index contributed by atoms with van der Waals surface area (Å²) in [5.74, 6) is 0.528. The first-order chi connectivity index (χ1) is 17.4. The molecule has 3 rings (SSSR count). The minimum absolute atomic E-state index is 0.161. The van der Waals surface area contributed by atoms with Gasteiger partial charge in [-0.15, -0.1) is 0 Å². The van der Waals surface area contributed by atoms with Crippen molar-refractivity contribution in [3.05, 3.63) is 93.5 Å². The summed E-state index contributed by atoms with van der Waals surface area (Å²) in [6.07, 6.45) is -4.81. The largest absolute Gasteiger partial charge is 0.417 e. The second kappa shape index (κ2) is 12.4. The second-order valence-corrected chi connectivity index (χ2v) is 11.8. The van der Waals surface area contributed by atoms with E-state index in [0.717, 1.165) is 23.3 Å². The maximum Gasteiger partial charge on any atom is 0.417 e. The van der Waals surface area contributed by atoms with Crippen molar-refractivity contribution >= 4 is 56.6 Å². The molecule has 0 heterocycles. The highest BCUT2D eigenvalue weighted by molar-refractivity contribution is 7.98. The minimum Gasteiger partial charge on any atom is -0.354 e. The van der Waals surface area contributed by atoms with E-state index in [2.05, 4.69) is 5.32 Å². The Morgan fingerprint density at radius 2 is 1.73 bits per heavy atom. The SMILES string of the molecule is Cc1ccc(S(=O)(=O)N(CC(=O)NCCSCc2cccc(Cl)c2)c2ccc(Cl)c(C(F)(F)F)c2)cc1. The molecule has 0 aliphatic carbocycles. The van der Waals surface area contributed by atoms with Gasteiger partial charge in [-0.2, -0.15) is 24.9 Å². The van der Waals surface area contributed by atoms with Crippen molar-refractivity contribution in [3.63, 3.8) is 0 Å². The molecule has 5 nitrogen and oxygen atoms in total. The molecule has 0 saturated heterocycles. The molecule has 0 fully saturated rings. The first-order valence-corrected chi connectivity index (χ1v) is 14.3. The number of alkyl halides is 3. The van der Waals surface area contributed by atoms with Gasteiger partial charge in [0.2, 0.25) is 5.91 Å². The summed E-state index contributed by atoms with van der Waals surface area (Å²) >= 11 is 13.2. The van der Waals surface area contributed by atoms with Gasteiger partial charge in [0, 0.05) is 23.1 Å². The van der Waals surface area contributed by atoms with Crippen LogP contribution in [0.15, 0.2) is 71.6 Å². The molecular formula is C25H23Cl2F3N2O3S2. The number of anilines is 1. The number of thioether (sulfide) groups is 1. The number of halogens is 5. The zero-order chi connectivity index (χ0) is 27.2. The van der Waals surface area contributed by atoms with Gasteiger partial charge in [-0.3, -0.25) is 9.10 Å². The molecule has 1 N–H and O–H groups in total. The summed E-state index contributed by atoms with van der Waals surface area (Å²) in [5.41, 5.74) is 0.281. The molecule has 0 aliphatic rings. The van der Waals surface area contributed by atoms with Crippen molar-refractivity contribution in [2.75, 3.05) is 23.1 Å². The minimum atomic E-state index is -4.81. The third-order valence-electron chi connectivity index (χ3n) is 5.17. The second-order valence-electron chi connectivity index (χ2n) is 8.02. The predicted octanol–water partition coefficient (Wildman–Crippen LogP) is 6.57. The van der Waals surface area contributed by atoms with E-state index >= 15 is 0 Å². The summed E-state index contributed by atoms with van der Waals surface area (Å²) < 4.78 is 67.8. The molecule has 0 spiro atoms. The van der Waals surface area contributed by atoms with Gasteiger partial charge in [0.25, 0.3) is 10.0 Å². The van der Waals surface area contributed by atoms with Crippen LogP contribution >= 0.6 is 35.0 Å². The lowest BCUT2D eigenvalue weighted by atomic mass is 10.2. The number of aryl methyl sites for hydroxylation is 1. The standard InChI is InChI=1S/C25H23Cl2F3N2O3S2/c1-17-5-8-21(9-6-17)37(34,35)32(20-7-10-23(27)22(14-20)25(28,29)30)15-24(33)31-11-12-36-16-18-3-2-4-19(26)13-18/h2-10,13-14H,11-12,15-16H2,1H3,(H,31,33). The van der Waals surface area contributed by atoms with Crippen molar-refractivity contribution in [2.45, 2.75) is 23.7 Å². The number of hydrogen-bond acceptors (Lipinski definition) is 4. The first-order valence-electron chi connectivity index (χ1n) is 10.9. The molecule has 37 heavy (non-hydrogen) atoms. The van der Waals surface area contributed by atoms with E-state index < -0.39 is 39.2 Å². The number of nitrogens with one attached hydrogen (secondary N) is 1. The van der Waals surface area contributed by atoms with E-state index in [1.54, 1.807) is 25.1 Å². The van der Waals surface area contributed by atoms with Gasteiger partial charge >= 0.3 is 6.18 Å². The molecule has 12 heteroatoms. The fourth-order valence-electron chi connectivity index (χ4n) is 3.30. The van der Waals surface area contributed by atoms with E-state index in [1.807, 2.05) is 18.2 Å². The molecular weight excluding hydrogens is 568 g/mol. The molecule has 3 aromatic rings. The Kier molecular flexibility index (Phi) is 9.80. The number of sulfonamides is 1.